The average Bonchev–Trinajstić information content (AvgIpc) is 2.14. The summed E-state index contributed by atoms with van der Waals surface area (Å²) in [6, 6.07) is 1.83. The molecule has 0 aliphatic carbocycles. The van der Waals surface area contributed by atoms with Gasteiger partial charge in [-0.15, -0.1) is 0 Å². The summed E-state index contributed by atoms with van der Waals surface area (Å²) in [5.41, 5.74) is 0.913. The van der Waals surface area contributed by atoms with E-state index in [0.717, 1.165) is 11.5 Å². The zero-order valence-electron chi connectivity index (χ0n) is 7.87. The molecule has 0 saturated heterocycles. The van der Waals surface area contributed by atoms with Crippen LogP contribution in [0.25, 0.3) is 0 Å². The number of nitrogens with one attached hydrogen (secondary N) is 1. The highest BCUT2D eigenvalue weighted by Gasteiger charge is 2.00. The van der Waals surface area contributed by atoms with Crippen LogP contribution in [0, 0.1) is 6.92 Å². The van der Waals surface area contributed by atoms with E-state index in [-0.39, 0.29) is 5.91 Å². The minimum atomic E-state index is 0.0382. The predicted octanol–water partition coefficient (Wildman–Crippen LogP) is 0.464. The number of aryl methyl sites for hydroxylation is 2. The number of carbonyl (C=O) groups excluding carboxylic acids is 1. The summed E-state index contributed by atoms with van der Waals surface area (Å²) in [4.78, 5) is 19.1. The second-order valence-electron chi connectivity index (χ2n) is 2.77. The van der Waals surface area contributed by atoms with Crippen LogP contribution in [0.4, 0.5) is 0 Å². The van der Waals surface area contributed by atoms with E-state index in [9.17, 15) is 4.79 Å². The van der Waals surface area contributed by atoms with Gasteiger partial charge < -0.3 is 5.32 Å². The third-order valence-electron chi connectivity index (χ3n) is 1.72. The van der Waals surface area contributed by atoms with Crippen molar-refractivity contribution in [3.63, 3.8) is 0 Å². The summed E-state index contributed by atoms with van der Waals surface area (Å²) < 4.78 is 0. The van der Waals surface area contributed by atoms with Gasteiger partial charge in [0.1, 0.15) is 5.82 Å². The molecule has 1 aromatic heterocycles. The topological polar surface area (TPSA) is 54.9 Å². The lowest BCUT2D eigenvalue weighted by Gasteiger charge is -2.00. The highest BCUT2D eigenvalue weighted by Crippen LogP contribution is 1.98. The van der Waals surface area contributed by atoms with Gasteiger partial charge in [-0.3, -0.25) is 4.79 Å². The van der Waals surface area contributed by atoms with E-state index < -0.39 is 0 Å². The van der Waals surface area contributed by atoms with Crippen LogP contribution in [-0.2, 0) is 11.2 Å². The molecule has 0 aliphatic heterocycles. The van der Waals surface area contributed by atoms with Crippen LogP contribution in [0.15, 0.2) is 12.3 Å². The lowest BCUT2D eigenvalue weighted by molar-refractivity contribution is -0.120. The third kappa shape index (κ3) is 3.19. The minimum absolute atomic E-state index is 0.0382. The first-order chi connectivity index (χ1) is 6.22. The molecule has 4 heteroatoms. The molecule has 1 aromatic rings. The second kappa shape index (κ2) is 4.54. The van der Waals surface area contributed by atoms with E-state index in [2.05, 4.69) is 15.3 Å². The molecule has 70 valence electrons. The third-order valence-corrected chi connectivity index (χ3v) is 1.72. The minimum Gasteiger partial charge on any atom is -0.359 e. The summed E-state index contributed by atoms with van der Waals surface area (Å²) in [5.74, 6) is 0.783. The van der Waals surface area contributed by atoms with Crippen molar-refractivity contribution in [2.45, 2.75) is 19.8 Å². The zero-order chi connectivity index (χ0) is 9.68. The van der Waals surface area contributed by atoms with Gasteiger partial charge in [0.15, 0.2) is 0 Å². The van der Waals surface area contributed by atoms with Crippen molar-refractivity contribution in [2.24, 2.45) is 0 Å². The maximum Gasteiger partial charge on any atom is 0.220 e. The van der Waals surface area contributed by atoms with Crippen LogP contribution in [-0.4, -0.2) is 22.9 Å². The van der Waals surface area contributed by atoms with Crippen LogP contribution in [0.1, 0.15) is 17.9 Å². The second-order valence-corrected chi connectivity index (χ2v) is 2.77. The number of amides is 1. The molecule has 0 aliphatic rings. The Labute approximate surface area is 77.4 Å². The van der Waals surface area contributed by atoms with Crippen molar-refractivity contribution in [2.75, 3.05) is 7.05 Å². The van der Waals surface area contributed by atoms with Gasteiger partial charge in [0.25, 0.3) is 0 Å². The van der Waals surface area contributed by atoms with Crippen LogP contribution in [0.3, 0.4) is 0 Å². The van der Waals surface area contributed by atoms with Crippen LogP contribution in [0.5, 0.6) is 0 Å². The van der Waals surface area contributed by atoms with Gasteiger partial charge in [0, 0.05) is 25.4 Å². The monoisotopic (exact) mass is 179 g/mol. The molecule has 4 nitrogen and oxygen atoms in total. The molecule has 1 rings (SSSR count). The zero-order valence-corrected chi connectivity index (χ0v) is 7.87. The summed E-state index contributed by atoms with van der Waals surface area (Å²) in [6.07, 6.45) is 2.86. The Balaban J connectivity index is 2.50. The highest BCUT2D eigenvalue weighted by atomic mass is 16.1. The first-order valence-electron chi connectivity index (χ1n) is 4.21. The normalized spacial score (nSPS) is 9.69. The SMILES string of the molecule is CNC(=O)CCc1ccnc(C)n1. The van der Waals surface area contributed by atoms with Crippen LogP contribution in [0.2, 0.25) is 0 Å². The number of aromatic nitrogens is 2. The fraction of sp³-hybridized carbons (Fsp3) is 0.444. The van der Waals surface area contributed by atoms with Crippen LogP contribution >= 0.6 is 0 Å². The van der Waals surface area contributed by atoms with Gasteiger partial charge in [0.05, 0.1) is 0 Å². The quantitative estimate of drug-likeness (QED) is 0.733. The smallest absolute Gasteiger partial charge is 0.220 e. The Kier molecular flexibility index (Phi) is 3.37. The van der Waals surface area contributed by atoms with Gasteiger partial charge in [-0.25, -0.2) is 9.97 Å². The van der Waals surface area contributed by atoms with E-state index in [1.54, 1.807) is 13.2 Å². The number of rotatable bonds is 3. The van der Waals surface area contributed by atoms with Gasteiger partial charge in [0.2, 0.25) is 5.91 Å². The summed E-state index contributed by atoms with van der Waals surface area (Å²) in [6.45, 7) is 1.84. The molecular formula is C9H13N3O. The Morgan fingerprint density at radius 1 is 1.62 bits per heavy atom. The van der Waals surface area contributed by atoms with Gasteiger partial charge >= 0.3 is 0 Å². The molecule has 0 atom stereocenters. The first kappa shape index (κ1) is 9.64. The molecule has 1 heterocycles. The molecule has 0 radical (unpaired) electrons. The van der Waals surface area contributed by atoms with E-state index >= 15 is 0 Å². The van der Waals surface area contributed by atoms with Gasteiger partial charge in [-0.1, -0.05) is 0 Å². The predicted molar refractivity (Wildman–Crippen MR) is 49.2 cm³/mol. The molecule has 0 saturated carbocycles. The molecule has 1 N–H and O–H groups in total. The number of nitrogens with zero attached hydrogens (tertiary/aromatic N) is 2. The van der Waals surface area contributed by atoms with Crippen molar-refractivity contribution in [3.05, 3.63) is 23.8 Å². The molecule has 0 unspecified atom stereocenters. The fourth-order valence-electron chi connectivity index (χ4n) is 1.01. The highest BCUT2D eigenvalue weighted by molar-refractivity contribution is 5.75. The van der Waals surface area contributed by atoms with E-state index in [4.69, 9.17) is 0 Å². The van der Waals surface area contributed by atoms with E-state index in [1.165, 1.54) is 0 Å². The summed E-state index contributed by atoms with van der Waals surface area (Å²) >= 11 is 0. The molecular weight excluding hydrogens is 166 g/mol. The van der Waals surface area contributed by atoms with Crippen molar-refractivity contribution in [1.29, 1.82) is 0 Å². The van der Waals surface area contributed by atoms with E-state index in [0.29, 0.717) is 12.8 Å². The van der Waals surface area contributed by atoms with Crippen molar-refractivity contribution in [3.8, 4) is 0 Å². The Morgan fingerprint density at radius 3 is 3.00 bits per heavy atom. The molecule has 13 heavy (non-hydrogen) atoms. The maximum absolute atomic E-state index is 10.9. The van der Waals surface area contributed by atoms with E-state index in [1.807, 2.05) is 13.0 Å². The first-order valence-corrected chi connectivity index (χ1v) is 4.21. The number of hydrogen-bond acceptors (Lipinski definition) is 3. The van der Waals surface area contributed by atoms with Gasteiger partial charge in [-0.05, 0) is 19.4 Å². The Morgan fingerprint density at radius 2 is 2.38 bits per heavy atom. The number of hydrogen-bond donors (Lipinski definition) is 1. The standard InChI is InChI=1S/C9H13N3O/c1-7-11-6-5-8(12-7)3-4-9(13)10-2/h5-6H,3-4H2,1-2H3,(H,10,13). The van der Waals surface area contributed by atoms with Crippen molar-refractivity contribution >= 4 is 5.91 Å². The fourth-order valence-corrected chi connectivity index (χ4v) is 1.01. The largest absolute Gasteiger partial charge is 0.359 e. The molecule has 1 amide bonds. The Hall–Kier alpha value is -1.45. The number of carbonyl (C=O) groups is 1. The maximum atomic E-state index is 10.9. The molecule has 0 spiro atoms. The Bertz CT molecular complexity index is 299. The molecule has 0 aromatic carbocycles. The summed E-state index contributed by atoms with van der Waals surface area (Å²) in [5, 5.41) is 2.57. The molecule has 0 fully saturated rings. The lowest BCUT2D eigenvalue weighted by Crippen LogP contribution is -2.18. The van der Waals surface area contributed by atoms with Crippen LogP contribution < -0.4 is 5.32 Å². The van der Waals surface area contributed by atoms with Gasteiger partial charge in [-0.2, -0.15) is 0 Å². The van der Waals surface area contributed by atoms with Crippen molar-refractivity contribution in [1.82, 2.24) is 15.3 Å². The average molecular weight is 179 g/mol. The molecule has 0 bridgehead atoms. The summed E-state index contributed by atoms with van der Waals surface area (Å²) in [7, 11) is 1.63. The lowest BCUT2D eigenvalue weighted by atomic mass is 10.2. The van der Waals surface area contributed by atoms with Crippen molar-refractivity contribution < 1.29 is 4.79 Å².